The Morgan fingerprint density at radius 1 is 1.30 bits per heavy atom. The van der Waals surface area contributed by atoms with Crippen LogP contribution in [-0.4, -0.2) is 47.9 Å². The van der Waals surface area contributed by atoms with E-state index in [2.05, 4.69) is 37.1 Å². The SMILES string of the molecule is Cc1c(CNCCCCN2C[C@H](C)O[C@@H](C)C2)cc(C#N)n1C. The highest BCUT2D eigenvalue weighted by molar-refractivity contribution is 5.33. The van der Waals surface area contributed by atoms with Gasteiger partial charge < -0.3 is 14.6 Å². The third-order valence-electron chi connectivity index (χ3n) is 4.64. The molecule has 1 aromatic heterocycles. The molecule has 23 heavy (non-hydrogen) atoms. The maximum atomic E-state index is 9.05. The molecule has 1 aromatic rings. The second-order valence-corrected chi connectivity index (χ2v) is 6.71. The summed E-state index contributed by atoms with van der Waals surface area (Å²) in [6.45, 7) is 11.5. The highest BCUT2D eigenvalue weighted by Crippen LogP contribution is 2.13. The van der Waals surface area contributed by atoms with Gasteiger partial charge in [0.05, 0.1) is 12.2 Å². The number of morpholine rings is 1. The van der Waals surface area contributed by atoms with E-state index in [-0.39, 0.29) is 0 Å². The molecule has 0 spiro atoms. The molecule has 0 unspecified atom stereocenters. The first-order valence-electron chi connectivity index (χ1n) is 8.65. The number of unbranched alkanes of at least 4 members (excludes halogenated alkanes) is 1. The van der Waals surface area contributed by atoms with E-state index >= 15 is 0 Å². The van der Waals surface area contributed by atoms with E-state index in [1.807, 2.05) is 17.7 Å². The van der Waals surface area contributed by atoms with Gasteiger partial charge in [0.15, 0.2) is 0 Å². The molecule has 0 aromatic carbocycles. The number of aromatic nitrogens is 1. The van der Waals surface area contributed by atoms with Gasteiger partial charge in [0.2, 0.25) is 0 Å². The number of hydrogen-bond acceptors (Lipinski definition) is 4. The maximum Gasteiger partial charge on any atom is 0.120 e. The van der Waals surface area contributed by atoms with Crippen LogP contribution in [0.25, 0.3) is 0 Å². The van der Waals surface area contributed by atoms with E-state index in [1.165, 1.54) is 24.1 Å². The van der Waals surface area contributed by atoms with Gasteiger partial charge in [0, 0.05) is 32.4 Å². The average molecular weight is 318 g/mol. The molecule has 0 saturated carbocycles. The second kappa shape index (κ2) is 8.49. The van der Waals surface area contributed by atoms with Crippen LogP contribution in [0, 0.1) is 18.3 Å². The predicted octanol–water partition coefficient (Wildman–Crippen LogP) is 2.18. The Morgan fingerprint density at radius 3 is 2.61 bits per heavy atom. The van der Waals surface area contributed by atoms with Gasteiger partial charge in [-0.2, -0.15) is 5.26 Å². The highest BCUT2D eigenvalue weighted by atomic mass is 16.5. The summed E-state index contributed by atoms with van der Waals surface area (Å²) < 4.78 is 7.72. The Hall–Kier alpha value is -1.35. The number of ether oxygens (including phenoxy) is 1. The molecule has 0 radical (unpaired) electrons. The average Bonchev–Trinajstić information content (AvgIpc) is 2.77. The molecule has 1 N–H and O–H groups in total. The first-order valence-corrected chi connectivity index (χ1v) is 8.65. The van der Waals surface area contributed by atoms with Gasteiger partial charge in [-0.25, -0.2) is 0 Å². The van der Waals surface area contributed by atoms with E-state index in [0.29, 0.717) is 12.2 Å². The maximum absolute atomic E-state index is 9.05. The van der Waals surface area contributed by atoms with Gasteiger partial charge in [0.25, 0.3) is 0 Å². The van der Waals surface area contributed by atoms with Crippen LogP contribution in [0.15, 0.2) is 6.07 Å². The summed E-state index contributed by atoms with van der Waals surface area (Å²) in [5.41, 5.74) is 3.13. The lowest BCUT2D eigenvalue weighted by Gasteiger charge is -2.35. The van der Waals surface area contributed by atoms with Gasteiger partial charge in [-0.1, -0.05) is 0 Å². The Kier molecular flexibility index (Phi) is 6.64. The molecule has 1 saturated heterocycles. The molecule has 5 heteroatoms. The van der Waals surface area contributed by atoms with Gasteiger partial charge in [-0.15, -0.1) is 0 Å². The standard InChI is InChI=1S/C18H30N4O/c1-14-12-22(13-15(2)23-14)8-6-5-7-20-11-17-9-18(10-19)21(4)16(17)3/h9,14-15,20H,5-8,11-13H2,1-4H3/t14-,15-/m0/s1. The Balaban J connectivity index is 1.62. The van der Waals surface area contributed by atoms with E-state index in [0.717, 1.165) is 38.4 Å². The van der Waals surface area contributed by atoms with Crippen LogP contribution >= 0.6 is 0 Å². The van der Waals surface area contributed by atoms with Crippen molar-refractivity contribution in [3.63, 3.8) is 0 Å². The minimum Gasteiger partial charge on any atom is -0.373 e. The largest absolute Gasteiger partial charge is 0.373 e. The first-order chi connectivity index (χ1) is 11.0. The molecule has 1 fully saturated rings. The fourth-order valence-corrected chi connectivity index (χ4v) is 3.32. The molecule has 2 rings (SSSR count). The summed E-state index contributed by atoms with van der Waals surface area (Å²) in [5, 5.41) is 12.6. The van der Waals surface area contributed by atoms with Crippen LogP contribution in [0.2, 0.25) is 0 Å². The highest BCUT2D eigenvalue weighted by Gasteiger charge is 2.21. The molecule has 0 bridgehead atoms. The molecular formula is C18H30N4O. The van der Waals surface area contributed by atoms with Crippen molar-refractivity contribution in [1.82, 2.24) is 14.8 Å². The Labute approximate surface area is 140 Å². The summed E-state index contributed by atoms with van der Waals surface area (Å²) in [7, 11) is 1.95. The third kappa shape index (κ3) is 5.07. The quantitative estimate of drug-likeness (QED) is 0.783. The normalized spacial score (nSPS) is 22.2. The monoisotopic (exact) mass is 318 g/mol. The molecule has 5 nitrogen and oxygen atoms in total. The number of hydrogen-bond donors (Lipinski definition) is 1. The van der Waals surface area contributed by atoms with Gasteiger partial charge in [-0.3, -0.25) is 4.90 Å². The van der Waals surface area contributed by atoms with E-state index in [1.54, 1.807) is 0 Å². The summed E-state index contributed by atoms with van der Waals surface area (Å²) in [6.07, 6.45) is 3.10. The fraction of sp³-hybridized carbons (Fsp3) is 0.722. The van der Waals surface area contributed by atoms with Gasteiger partial charge in [-0.05, 0) is 58.3 Å². The van der Waals surface area contributed by atoms with Gasteiger partial charge in [0.1, 0.15) is 11.8 Å². The Morgan fingerprint density at radius 2 is 2.00 bits per heavy atom. The summed E-state index contributed by atoms with van der Waals surface area (Å²) in [5.74, 6) is 0. The van der Waals surface area contributed by atoms with Crippen molar-refractivity contribution in [2.24, 2.45) is 7.05 Å². The minimum absolute atomic E-state index is 0.354. The third-order valence-corrected chi connectivity index (χ3v) is 4.64. The van der Waals surface area contributed by atoms with Crippen LogP contribution in [-0.2, 0) is 18.3 Å². The molecule has 1 aliphatic heterocycles. The van der Waals surface area contributed by atoms with Crippen LogP contribution in [0.5, 0.6) is 0 Å². The summed E-state index contributed by atoms with van der Waals surface area (Å²) >= 11 is 0. The van der Waals surface area contributed by atoms with Gasteiger partial charge >= 0.3 is 0 Å². The fourth-order valence-electron chi connectivity index (χ4n) is 3.32. The van der Waals surface area contributed by atoms with Crippen LogP contribution in [0.4, 0.5) is 0 Å². The van der Waals surface area contributed by atoms with Crippen molar-refractivity contribution in [3.8, 4) is 6.07 Å². The van der Waals surface area contributed by atoms with Crippen LogP contribution in [0.3, 0.4) is 0 Å². The molecule has 0 amide bonds. The topological polar surface area (TPSA) is 53.2 Å². The molecule has 0 aliphatic carbocycles. The summed E-state index contributed by atoms with van der Waals surface area (Å²) in [6, 6.07) is 4.22. The number of rotatable bonds is 7. The Bertz CT molecular complexity index is 536. The van der Waals surface area contributed by atoms with Crippen molar-refractivity contribution in [2.45, 2.75) is 52.4 Å². The zero-order valence-electron chi connectivity index (χ0n) is 14.9. The van der Waals surface area contributed by atoms with Crippen molar-refractivity contribution in [1.29, 1.82) is 5.26 Å². The molecule has 128 valence electrons. The van der Waals surface area contributed by atoms with Crippen molar-refractivity contribution < 1.29 is 4.74 Å². The lowest BCUT2D eigenvalue weighted by Crippen LogP contribution is -2.45. The van der Waals surface area contributed by atoms with Crippen molar-refractivity contribution >= 4 is 0 Å². The van der Waals surface area contributed by atoms with Crippen molar-refractivity contribution in [2.75, 3.05) is 26.2 Å². The number of nitriles is 1. The van der Waals surface area contributed by atoms with E-state index in [9.17, 15) is 0 Å². The first kappa shape index (κ1) is 18.0. The second-order valence-electron chi connectivity index (χ2n) is 6.71. The number of nitrogens with one attached hydrogen (secondary N) is 1. The summed E-state index contributed by atoms with van der Waals surface area (Å²) in [4.78, 5) is 2.51. The predicted molar refractivity (Wildman–Crippen MR) is 92.3 cm³/mol. The molecule has 1 aliphatic rings. The lowest BCUT2D eigenvalue weighted by atomic mass is 10.2. The molecule has 2 atom stereocenters. The van der Waals surface area contributed by atoms with Crippen LogP contribution < -0.4 is 5.32 Å². The lowest BCUT2D eigenvalue weighted by molar-refractivity contribution is -0.0681. The van der Waals surface area contributed by atoms with Crippen LogP contribution in [0.1, 0.15) is 43.6 Å². The smallest absolute Gasteiger partial charge is 0.120 e. The van der Waals surface area contributed by atoms with E-state index in [4.69, 9.17) is 10.00 Å². The zero-order valence-corrected chi connectivity index (χ0v) is 14.9. The van der Waals surface area contributed by atoms with Crippen molar-refractivity contribution in [3.05, 3.63) is 23.0 Å². The molecule has 2 heterocycles. The minimum atomic E-state index is 0.354. The molecular weight excluding hydrogens is 288 g/mol. The zero-order chi connectivity index (χ0) is 16.8. The number of nitrogens with zero attached hydrogens (tertiary/aromatic N) is 3. The van der Waals surface area contributed by atoms with E-state index < -0.39 is 0 Å².